The van der Waals surface area contributed by atoms with Crippen LogP contribution in [0.15, 0.2) is 24.3 Å². The Hall–Kier alpha value is -2.17. The van der Waals surface area contributed by atoms with Gasteiger partial charge in [0.15, 0.2) is 0 Å². The van der Waals surface area contributed by atoms with Gasteiger partial charge in [-0.1, -0.05) is 17.7 Å². The Bertz CT molecular complexity index is 575. The molecule has 1 aromatic carbocycles. The highest BCUT2D eigenvalue weighted by atomic mass is 16.2. The third-order valence-corrected chi connectivity index (χ3v) is 3.87. The number of hydrogen-bond acceptors (Lipinski definition) is 3. The van der Waals surface area contributed by atoms with Gasteiger partial charge in [0.05, 0.1) is 6.04 Å². The molecule has 0 bridgehead atoms. The van der Waals surface area contributed by atoms with Gasteiger partial charge in [-0.05, 0) is 19.1 Å². The third kappa shape index (κ3) is 2.09. The summed E-state index contributed by atoms with van der Waals surface area (Å²) >= 11 is 0. The highest BCUT2D eigenvalue weighted by molar-refractivity contribution is 6.03. The number of carbonyl (C=O) groups is 3. The predicted octanol–water partition coefficient (Wildman–Crippen LogP) is 0.968. The Balaban J connectivity index is 1.64. The van der Waals surface area contributed by atoms with Gasteiger partial charge in [-0.25, -0.2) is 0 Å². The van der Waals surface area contributed by atoms with E-state index in [1.807, 2.05) is 25.1 Å². The number of aryl methyl sites for hydroxylation is 1. The molecule has 5 nitrogen and oxygen atoms in total. The summed E-state index contributed by atoms with van der Waals surface area (Å²) in [6.45, 7) is 2.84. The quantitative estimate of drug-likeness (QED) is 0.754. The topological polar surface area (TPSA) is 57.7 Å². The molecule has 3 amide bonds. The van der Waals surface area contributed by atoms with E-state index in [2.05, 4.69) is 0 Å². The lowest BCUT2D eigenvalue weighted by atomic mass is 10.0. The first kappa shape index (κ1) is 12.8. The summed E-state index contributed by atoms with van der Waals surface area (Å²) < 4.78 is 0. The summed E-state index contributed by atoms with van der Waals surface area (Å²) in [5.74, 6) is -0.255. The molecular weight excluding hydrogens is 256 g/mol. The smallest absolute Gasteiger partial charge is 0.254 e. The zero-order chi connectivity index (χ0) is 14.3. The zero-order valence-corrected chi connectivity index (χ0v) is 11.3. The lowest BCUT2D eigenvalue weighted by Gasteiger charge is -2.43. The molecule has 3 rings (SSSR count). The molecule has 2 saturated heterocycles. The van der Waals surface area contributed by atoms with E-state index in [1.165, 1.54) is 4.90 Å². The summed E-state index contributed by atoms with van der Waals surface area (Å²) in [6.07, 6.45) is 0.613. The van der Waals surface area contributed by atoms with Crippen LogP contribution in [-0.2, 0) is 9.59 Å². The van der Waals surface area contributed by atoms with Crippen LogP contribution in [0.2, 0.25) is 0 Å². The van der Waals surface area contributed by atoms with Crippen molar-refractivity contribution in [3.63, 3.8) is 0 Å². The van der Waals surface area contributed by atoms with Crippen LogP contribution < -0.4 is 0 Å². The van der Waals surface area contributed by atoms with Crippen LogP contribution in [0, 0.1) is 6.92 Å². The van der Waals surface area contributed by atoms with Gasteiger partial charge in [0.2, 0.25) is 11.8 Å². The highest BCUT2D eigenvalue weighted by Crippen LogP contribution is 2.23. The van der Waals surface area contributed by atoms with Crippen molar-refractivity contribution in [3.8, 4) is 0 Å². The minimum atomic E-state index is -0.133. The van der Waals surface area contributed by atoms with Crippen LogP contribution in [0.5, 0.6) is 0 Å². The third-order valence-electron chi connectivity index (χ3n) is 3.87. The molecule has 0 saturated carbocycles. The van der Waals surface area contributed by atoms with Crippen LogP contribution in [0.1, 0.15) is 28.8 Å². The Kier molecular flexibility index (Phi) is 3.04. The zero-order valence-electron chi connectivity index (χ0n) is 11.3. The molecule has 104 valence electrons. The van der Waals surface area contributed by atoms with Gasteiger partial charge in [0.25, 0.3) is 5.91 Å². The number of rotatable bonds is 2. The minimum Gasteiger partial charge on any atom is -0.334 e. The van der Waals surface area contributed by atoms with E-state index in [-0.39, 0.29) is 23.8 Å². The van der Waals surface area contributed by atoms with Crippen LogP contribution in [0.25, 0.3) is 0 Å². The van der Waals surface area contributed by atoms with Crippen molar-refractivity contribution in [1.82, 2.24) is 9.80 Å². The first-order chi connectivity index (χ1) is 9.56. The molecule has 2 aliphatic rings. The standard InChI is InChI=1S/C15H16N2O3/c1-10-3-2-4-11(7-10)15(20)16-8-12(9-16)17-13(18)5-6-14(17)19/h2-4,7,12H,5-6,8-9H2,1H3. The number of benzene rings is 1. The second kappa shape index (κ2) is 4.74. The van der Waals surface area contributed by atoms with Gasteiger partial charge in [-0.2, -0.15) is 0 Å². The average molecular weight is 272 g/mol. The van der Waals surface area contributed by atoms with E-state index >= 15 is 0 Å². The molecule has 2 fully saturated rings. The van der Waals surface area contributed by atoms with Crippen molar-refractivity contribution >= 4 is 17.7 Å². The van der Waals surface area contributed by atoms with Gasteiger partial charge in [0, 0.05) is 31.5 Å². The minimum absolute atomic E-state index is 0.0379. The van der Waals surface area contributed by atoms with Crippen LogP contribution in [0.3, 0.4) is 0 Å². The van der Waals surface area contributed by atoms with Crippen LogP contribution in [0.4, 0.5) is 0 Å². The molecule has 0 unspecified atom stereocenters. The fraction of sp³-hybridized carbons (Fsp3) is 0.400. The number of likely N-dealkylation sites (tertiary alicyclic amines) is 2. The van der Waals surface area contributed by atoms with E-state index in [1.54, 1.807) is 11.0 Å². The van der Waals surface area contributed by atoms with E-state index in [0.717, 1.165) is 5.56 Å². The van der Waals surface area contributed by atoms with Crippen molar-refractivity contribution < 1.29 is 14.4 Å². The normalized spacial score (nSPS) is 19.4. The summed E-state index contributed by atoms with van der Waals surface area (Å²) in [6, 6.07) is 7.30. The molecule has 0 aromatic heterocycles. The van der Waals surface area contributed by atoms with Crippen molar-refractivity contribution in [3.05, 3.63) is 35.4 Å². The Morgan fingerprint density at radius 1 is 1.15 bits per heavy atom. The van der Waals surface area contributed by atoms with Gasteiger partial charge in [-0.15, -0.1) is 0 Å². The number of carbonyl (C=O) groups excluding carboxylic acids is 3. The molecule has 0 aliphatic carbocycles. The molecule has 1 aromatic rings. The molecule has 2 aliphatic heterocycles. The largest absolute Gasteiger partial charge is 0.334 e. The van der Waals surface area contributed by atoms with Gasteiger partial charge < -0.3 is 4.90 Å². The van der Waals surface area contributed by atoms with E-state index in [4.69, 9.17) is 0 Å². The second-order valence-corrected chi connectivity index (χ2v) is 5.39. The lowest BCUT2D eigenvalue weighted by molar-refractivity contribution is -0.144. The maximum absolute atomic E-state index is 12.2. The van der Waals surface area contributed by atoms with Gasteiger partial charge in [0.1, 0.15) is 0 Å². The van der Waals surface area contributed by atoms with Crippen molar-refractivity contribution in [1.29, 1.82) is 0 Å². The van der Waals surface area contributed by atoms with Gasteiger partial charge >= 0.3 is 0 Å². The molecular formula is C15H16N2O3. The molecule has 0 atom stereocenters. The average Bonchev–Trinajstić information content (AvgIpc) is 2.69. The predicted molar refractivity (Wildman–Crippen MR) is 72.0 cm³/mol. The van der Waals surface area contributed by atoms with E-state index in [0.29, 0.717) is 31.5 Å². The summed E-state index contributed by atoms with van der Waals surface area (Å²) in [7, 11) is 0. The Morgan fingerprint density at radius 2 is 1.80 bits per heavy atom. The molecule has 0 radical (unpaired) electrons. The van der Waals surface area contributed by atoms with Crippen LogP contribution >= 0.6 is 0 Å². The number of hydrogen-bond donors (Lipinski definition) is 0. The summed E-state index contributed by atoms with van der Waals surface area (Å²) in [4.78, 5) is 38.5. The number of nitrogens with zero attached hydrogens (tertiary/aromatic N) is 2. The maximum Gasteiger partial charge on any atom is 0.254 e. The fourth-order valence-corrected chi connectivity index (χ4v) is 2.75. The highest BCUT2D eigenvalue weighted by Gasteiger charge is 2.42. The number of imide groups is 1. The van der Waals surface area contributed by atoms with Crippen LogP contribution in [-0.4, -0.2) is 46.7 Å². The first-order valence-corrected chi connectivity index (χ1v) is 6.77. The monoisotopic (exact) mass is 272 g/mol. The van der Waals surface area contributed by atoms with Crippen molar-refractivity contribution in [2.45, 2.75) is 25.8 Å². The summed E-state index contributed by atoms with van der Waals surface area (Å²) in [5, 5.41) is 0. The van der Waals surface area contributed by atoms with Crippen molar-refractivity contribution in [2.75, 3.05) is 13.1 Å². The Labute approximate surface area is 117 Å². The lowest BCUT2D eigenvalue weighted by Crippen LogP contribution is -2.62. The molecule has 5 heteroatoms. The first-order valence-electron chi connectivity index (χ1n) is 6.77. The molecule has 20 heavy (non-hydrogen) atoms. The van der Waals surface area contributed by atoms with E-state index in [9.17, 15) is 14.4 Å². The summed E-state index contributed by atoms with van der Waals surface area (Å²) in [5.41, 5.74) is 1.69. The maximum atomic E-state index is 12.2. The fourth-order valence-electron chi connectivity index (χ4n) is 2.75. The molecule has 0 N–H and O–H groups in total. The second-order valence-electron chi connectivity index (χ2n) is 5.39. The van der Waals surface area contributed by atoms with Crippen molar-refractivity contribution in [2.24, 2.45) is 0 Å². The van der Waals surface area contributed by atoms with E-state index < -0.39 is 0 Å². The molecule has 2 heterocycles. The SMILES string of the molecule is Cc1cccc(C(=O)N2CC(N3C(=O)CCC3=O)C2)c1. The van der Waals surface area contributed by atoms with Gasteiger partial charge in [-0.3, -0.25) is 19.3 Å². The Morgan fingerprint density at radius 3 is 2.40 bits per heavy atom. The number of amides is 3. The molecule has 0 spiro atoms.